The number of amides is 2. The fourth-order valence-corrected chi connectivity index (χ4v) is 5.92. The van der Waals surface area contributed by atoms with Crippen LogP contribution in [0.4, 0.5) is 14.5 Å². The van der Waals surface area contributed by atoms with Gasteiger partial charge in [0, 0.05) is 5.56 Å². The summed E-state index contributed by atoms with van der Waals surface area (Å²) in [5.41, 5.74) is 0.717. The lowest BCUT2D eigenvalue weighted by Gasteiger charge is -2.10. The minimum atomic E-state index is -0.669. The number of benzene rings is 1. The van der Waals surface area contributed by atoms with Crippen LogP contribution < -0.4 is 10.6 Å². The van der Waals surface area contributed by atoms with E-state index in [1.807, 2.05) is 0 Å². The van der Waals surface area contributed by atoms with Crippen LogP contribution >= 0.6 is 34.4 Å². The highest BCUT2D eigenvalue weighted by Gasteiger charge is 2.28. The van der Waals surface area contributed by atoms with Crippen LogP contribution in [0.25, 0.3) is 0 Å². The van der Waals surface area contributed by atoms with Crippen molar-refractivity contribution in [2.24, 2.45) is 0 Å². The molecule has 2 N–H and O–H groups in total. The second-order valence-electron chi connectivity index (χ2n) is 7.28. The predicted molar refractivity (Wildman–Crippen MR) is 139 cm³/mol. The number of esters is 2. The van der Waals surface area contributed by atoms with E-state index >= 15 is 0 Å². The fraction of sp³-hybridized carbons (Fsp3) is 0.304. The highest BCUT2D eigenvalue weighted by Crippen LogP contribution is 2.36. The molecule has 3 rings (SSSR count). The maximum absolute atomic E-state index is 13.1. The van der Waals surface area contributed by atoms with Crippen LogP contribution in [0.3, 0.4) is 0 Å². The van der Waals surface area contributed by atoms with Crippen LogP contribution in [-0.2, 0) is 14.3 Å². The largest absolute Gasteiger partial charge is 0.462 e. The van der Waals surface area contributed by atoms with Gasteiger partial charge in [-0.3, -0.25) is 14.9 Å². The first kappa shape index (κ1) is 28.2. The van der Waals surface area contributed by atoms with E-state index in [0.717, 1.165) is 34.4 Å². The fourth-order valence-electron chi connectivity index (χ4n) is 2.94. The van der Waals surface area contributed by atoms with Gasteiger partial charge in [0.1, 0.15) is 15.7 Å². The maximum Gasteiger partial charge on any atom is 0.348 e. The van der Waals surface area contributed by atoms with Gasteiger partial charge < -0.3 is 14.8 Å². The molecule has 1 unspecified atom stereocenters. The molecule has 1 aromatic carbocycles. The number of rotatable bonds is 10. The van der Waals surface area contributed by atoms with Crippen molar-refractivity contribution in [2.45, 2.75) is 37.3 Å². The van der Waals surface area contributed by atoms with E-state index in [1.165, 1.54) is 24.3 Å². The molecule has 3 aromatic rings. The van der Waals surface area contributed by atoms with E-state index in [1.54, 1.807) is 27.7 Å². The summed E-state index contributed by atoms with van der Waals surface area (Å²) < 4.78 is 23.6. The van der Waals surface area contributed by atoms with Crippen LogP contribution in [-0.4, -0.2) is 52.4 Å². The first-order valence-electron chi connectivity index (χ1n) is 11.0. The summed E-state index contributed by atoms with van der Waals surface area (Å²) in [6.45, 7) is 6.83. The molecule has 0 spiro atoms. The van der Waals surface area contributed by atoms with E-state index in [2.05, 4.69) is 20.8 Å². The monoisotopic (exact) mass is 566 g/mol. The Bertz CT molecular complexity index is 1310. The Morgan fingerprint density at radius 1 is 1.00 bits per heavy atom. The highest BCUT2D eigenvalue weighted by molar-refractivity contribution is 8.02. The second kappa shape index (κ2) is 12.7. The third-order valence-electron chi connectivity index (χ3n) is 4.70. The molecule has 0 aliphatic heterocycles. The first-order valence-corrected chi connectivity index (χ1v) is 13.5. The Labute approximate surface area is 224 Å². The van der Waals surface area contributed by atoms with Crippen molar-refractivity contribution >= 4 is 68.3 Å². The van der Waals surface area contributed by atoms with Crippen LogP contribution in [0.1, 0.15) is 56.7 Å². The molecule has 0 bridgehead atoms. The number of carbonyl (C=O) groups is 4. The van der Waals surface area contributed by atoms with Crippen LogP contribution in [0, 0.1) is 12.7 Å². The van der Waals surface area contributed by atoms with Gasteiger partial charge in [-0.2, -0.15) is 0 Å². The van der Waals surface area contributed by atoms with Crippen LogP contribution in [0.15, 0.2) is 28.6 Å². The average molecular weight is 567 g/mol. The van der Waals surface area contributed by atoms with Crippen molar-refractivity contribution in [3.63, 3.8) is 0 Å². The quantitative estimate of drug-likeness (QED) is 0.202. The third-order valence-corrected chi connectivity index (χ3v) is 7.91. The number of nitrogens with zero attached hydrogens (tertiary/aromatic N) is 2. The Morgan fingerprint density at radius 3 is 2.30 bits per heavy atom. The zero-order valence-electron chi connectivity index (χ0n) is 20.2. The number of aromatic nitrogens is 2. The summed E-state index contributed by atoms with van der Waals surface area (Å²) in [6, 6.07) is 5.04. The van der Waals surface area contributed by atoms with Crippen molar-refractivity contribution in [1.82, 2.24) is 10.2 Å². The molecule has 196 valence electrons. The number of nitrogens with one attached hydrogen (secondary N) is 2. The number of hydrogen-bond donors (Lipinski definition) is 2. The summed E-state index contributed by atoms with van der Waals surface area (Å²) >= 11 is 3.10. The predicted octanol–water partition coefficient (Wildman–Crippen LogP) is 4.77. The van der Waals surface area contributed by atoms with E-state index in [4.69, 9.17) is 9.47 Å². The van der Waals surface area contributed by atoms with Gasteiger partial charge in [-0.05, 0) is 57.5 Å². The third kappa shape index (κ3) is 7.11. The molecule has 2 amide bonds. The smallest absolute Gasteiger partial charge is 0.348 e. The normalized spacial score (nSPS) is 11.5. The van der Waals surface area contributed by atoms with Crippen molar-refractivity contribution in [3.05, 3.63) is 51.7 Å². The zero-order chi connectivity index (χ0) is 27.1. The molecule has 0 radical (unpaired) electrons. The molecule has 0 saturated carbocycles. The van der Waals surface area contributed by atoms with Crippen molar-refractivity contribution < 1.29 is 33.0 Å². The van der Waals surface area contributed by atoms with Gasteiger partial charge in [0.25, 0.3) is 5.91 Å². The SMILES string of the molecule is CCOC(=O)c1sc(NC(=O)C(C)Sc2nnc(NC(=O)c3ccc(F)cc3)s2)c(C(=O)OCC)c1C. The van der Waals surface area contributed by atoms with Gasteiger partial charge in [-0.15, -0.1) is 21.5 Å². The molecule has 10 nitrogen and oxygen atoms in total. The summed E-state index contributed by atoms with van der Waals surface area (Å²) in [5.74, 6) is -2.63. The lowest BCUT2D eigenvalue weighted by atomic mass is 10.1. The maximum atomic E-state index is 13.1. The summed E-state index contributed by atoms with van der Waals surface area (Å²) in [5, 5.41) is 12.9. The molecule has 0 fully saturated rings. The van der Waals surface area contributed by atoms with Gasteiger partial charge >= 0.3 is 11.9 Å². The molecule has 37 heavy (non-hydrogen) atoms. The van der Waals surface area contributed by atoms with Crippen molar-refractivity contribution in [2.75, 3.05) is 23.8 Å². The van der Waals surface area contributed by atoms with E-state index < -0.39 is 34.8 Å². The molecule has 1 atom stereocenters. The Balaban J connectivity index is 1.69. The van der Waals surface area contributed by atoms with E-state index in [-0.39, 0.29) is 39.4 Å². The number of hydrogen-bond acceptors (Lipinski definition) is 11. The molecular weight excluding hydrogens is 543 g/mol. The summed E-state index contributed by atoms with van der Waals surface area (Å²) in [6.07, 6.45) is 0. The number of carbonyl (C=O) groups excluding carboxylic acids is 4. The summed E-state index contributed by atoms with van der Waals surface area (Å²) in [4.78, 5) is 50.3. The number of thiophene rings is 1. The highest BCUT2D eigenvalue weighted by atomic mass is 32.2. The molecule has 0 aliphatic rings. The Kier molecular flexibility index (Phi) is 9.72. The zero-order valence-corrected chi connectivity index (χ0v) is 22.7. The lowest BCUT2D eigenvalue weighted by molar-refractivity contribution is -0.115. The number of thioether (sulfide) groups is 1. The first-order chi connectivity index (χ1) is 17.6. The standard InChI is InChI=1S/C23H23FN4O6S3/c1-5-33-20(31)15-11(3)16(21(32)34-6-2)36-19(15)25-17(29)12(4)35-23-28-27-22(37-23)26-18(30)13-7-9-14(24)10-8-13/h7-10,12H,5-6H2,1-4H3,(H,25,29)(H,26,27,30). The van der Waals surface area contributed by atoms with Crippen LogP contribution in [0.5, 0.6) is 0 Å². The van der Waals surface area contributed by atoms with E-state index in [9.17, 15) is 23.6 Å². The number of anilines is 2. The minimum absolute atomic E-state index is 0.0992. The van der Waals surface area contributed by atoms with Crippen LogP contribution in [0.2, 0.25) is 0 Å². The van der Waals surface area contributed by atoms with E-state index in [0.29, 0.717) is 9.90 Å². The van der Waals surface area contributed by atoms with Gasteiger partial charge in [-0.1, -0.05) is 23.1 Å². The topological polar surface area (TPSA) is 137 Å². The Hall–Kier alpha value is -3.36. The van der Waals surface area contributed by atoms with Gasteiger partial charge in [-0.25, -0.2) is 14.0 Å². The molecule has 14 heteroatoms. The molecule has 0 saturated heterocycles. The van der Waals surface area contributed by atoms with Gasteiger partial charge in [0.15, 0.2) is 4.34 Å². The second-order valence-corrected chi connectivity index (χ2v) is 10.9. The number of halogens is 1. The number of ether oxygens (including phenoxy) is 2. The molecule has 0 aliphatic carbocycles. The molecule has 2 aromatic heterocycles. The van der Waals surface area contributed by atoms with Gasteiger partial charge in [0.05, 0.1) is 24.0 Å². The molecular formula is C23H23FN4O6S3. The Morgan fingerprint density at radius 2 is 1.65 bits per heavy atom. The lowest BCUT2D eigenvalue weighted by Crippen LogP contribution is -2.23. The van der Waals surface area contributed by atoms with Gasteiger partial charge in [0.2, 0.25) is 11.0 Å². The molecule has 2 heterocycles. The van der Waals surface area contributed by atoms with Crippen molar-refractivity contribution in [3.8, 4) is 0 Å². The average Bonchev–Trinajstić information content (AvgIpc) is 3.42. The minimum Gasteiger partial charge on any atom is -0.462 e. The van der Waals surface area contributed by atoms with Crippen molar-refractivity contribution in [1.29, 1.82) is 0 Å². The summed E-state index contributed by atoms with van der Waals surface area (Å²) in [7, 11) is 0.